The lowest BCUT2D eigenvalue weighted by Gasteiger charge is -2.31. The fraction of sp³-hybridized carbons (Fsp3) is 0.700. The van der Waals surface area contributed by atoms with Crippen LogP contribution in [0.2, 0.25) is 39.3 Å². The molecular weight excluding hydrogens is 218 g/mol. The molecule has 0 aromatic carbocycles. The van der Waals surface area contributed by atoms with Crippen LogP contribution in [0.3, 0.4) is 0 Å². The zero-order valence-electron chi connectivity index (χ0n) is 11.0. The van der Waals surface area contributed by atoms with Gasteiger partial charge in [-0.3, -0.25) is 4.35 Å². The van der Waals surface area contributed by atoms with Crippen LogP contribution in [0.4, 0.5) is 5.69 Å². The minimum atomic E-state index is -1.32. The molecule has 1 rings (SSSR count). The highest BCUT2D eigenvalue weighted by molar-refractivity contribution is 6.79. The second kappa shape index (κ2) is 3.79. The maximum Gasteiger partial charge on any atom is 0.176 e. The van der Waals surface area contributed by atoms with Crippen molar-refractivity contribution in [2.45, 2.75) is 39.3 Å². The van der Waals surface area contributed by atoms with Gasteiger partial charge in [0.2, 0.25) is 0 Å². The molecule has 0 amide bonds. The van der Waals surface area contributed by atoms with Gasteiger partial charge in [-0.15, -0.1) is 0 Å². The van der Waals surface area contributed by atoms with Gasteiger partial charge < -0.3 is 4.57 Å². The van der Waals surface area contributed by atoms with Gasteiger partial charge in [-0.25, -0.2) is 0 Å². The first-order chi connectivity index (χ1) is 6.62. The molecule has 0 atom stereocenters. The number of hydrogen-bond acceptors (Lipinski definition) is 2. The van der Waals surface area contributed by atoms with Crippen molar-refractivity contribution in [1.29, 1.82) is 0 Å². The second-order valence-corrected chi connectivity index (χ2v) is 15.9. The molecule has 0 fully saturated rings. The smallest absolute Gasteiger partial charge is 0.176 e. The number of aromatic nitrogens is 2. The second-order valence-electron chi connectivity index (χ2n) is 6.04. The van der Waals surface area contributed by atoms with Gasteiger partial charge in [0.15, 0.2) is 8.24 Å². The maximum atomic E-state index is 4.48. The molecule has 0 unspecified atom stereocenters. The van der Waals surface area contributed by atoms with Crippen LogP contribution < -0.4 is 4.57 Å². The summed E-state index contributed by atoms with van der Waals surface area (Å²) in [5, 5.41) is 4.48. The van der Waals surface area contributed by atoms with Crippen molar-refractivity contribution in [3.05, 3.63) is 12.4 Å². The summed E-state index contributed by atoms with van der Waals surface area (Å²) in [5.74, 6) is 0. The van der Waals surface area contributed by atoms with E-state index >= 15 is 0 Å². The minimum Gasteiger partial charge on any atom is -0.398 e. The third kappa shape index (κ3) is 2.95. The highest BCUT2D eigenvalue weighted by Gasteiger charge is 2.23. The summed E-state index contributed by atoms with van der Waals surface area (Å²) >= 11 is 0. The summed E-state index contributed by atoms with van der Waals surface area (Å²) in [4.78, 5) is 0. The zero-order chi connectivity index (χ0) is 11.9. The highest BCUT2D eigenvalue weighted by Crippen LogP contribution is 2.20. The standard InChI is InChI=1S/C10H23N3Si2/c1-12(14(2,3)4)10-8-11-13(9-10)15(5,6)7/h8-9H,1-7H3. The molecule has 0 saturated carbocycles. The first-order valence-electron chi connectivity index (χ1n) is 5.41. The molecule has 0 N–H and O–H groups in total. The molecule has 0 saturated heterocycles. The largest absolute Gasteiger partial charge is 0.398 e. The predicted molar refractivity (Wildman–Crippen MR) is 72.7 cm³/mol. The number of hydrogen-bond donors (Lipinski definition) is 0. The van der Waals surface area contributed by atoms with E-state index in [0.29, 0.717) is 0 Å². The van der Waals surface area contributed by atoms with Crippen LogP contribution in [0.5, 0.6) is 0 Å². The van der Waals surface area contributed by atoms with Gasteiger partial charge in [0, 0.05) is 6.20 Å². The Morgan fingerprint density at radius 3 is 2.00 bits per heavy atom. The first kappa shape index (κ1) is 12.5. The molecular formula is C10H23N3Si2. The van der Waals surface area contributed by atoms with Crippen LogP contribution in [0.1, 0.15) is 0 Å². The van der Waals surface area contributed by atoms with Crippen LogP contribution in [-0.2, 0) is 0 Å². The van der Waals surface area contributed by atoms with Gasteiger partial charge >= 0.3 is 0 Å². The zero-order valence-corrected chi connectivity index (χ0v) is 13.0. The monoisotopic (exact) mass is 241 g/mol. The molecule has 0 aliphatic carbocycles. The average Bonchev–Trinajstić information content (AvgIpc) is 2.47. The van der Waals surface area contributed by atoms with E-state index in [2.05, 4.69) is 66.5 Å². The Morgan fingerprint density at radius 1 is 1.13 bits per heavy atom. The van der Waals surface area contributed by atoms with Crippen LogP contribution in [0.15, 0.2) is 12.4 Å². The summed E-state index contributed by atoms with van der Waals surface area (Å²) in [6.07, 6.45) is 4.20. The Balaban J connectivity index is 2.95. The number of nitrogens with zero attached hydrogens (tertiary/aromatic N) is 3. The van der Waals surface area contributed by atoms with Crippen LogP contribution in [0, 0.1) is 0 Å². The molecule has 0 aliphatic heterocycles. The van der Waals surface area contributed by atoms with Crippen molar-refractivity contribution in [2.24, 2.45) is 0 Å². The van der Waals surface area contributed by atoms with Gasteiger partial charge in [0.05, 0.1) is 11.9 Å². The summed E-state index contributed by atoms with van der Waals surface area (Å²) in [6, 6.07) is 0. The lowest BCUT2D eigenvalue weighted by Crippen LogP contribution is -2.43. The molecule has 3 nitrogen and oxygen atoms in total. The average molecular weight is 241 g/mol. The topological polar surface area (TPSA) is 21.1 Å². The molecule has 5 heteroatoms. The van der Waals surface area contributed by atoms with Gasteiger partial charge in [-0.05, 0) is 26.7 Å². The Bertz CT molecular complexity index is 333. The fourth-order valence-electron chi connectivity index (χ4n) is 1.24. The Kier molecular flexibility index (Phi) is 3.16. The lowest BCUT2D eigenvalue weighted by molar-refractivity contribution is 0.934. The summed E-state index contributed by atoms with van der Waals surface area (Å²) < 4.78 is 4.57. The highest BCUT2D eigenvalue weighted by atomic mass is 28.3. The summed E-state index contributed by atoms with van der Waals surface area (Å²) in [5.41, 5.74) is 1.26. The molecule has 0 aliphatic rings. The summed E-state index contributed by atoms with van der Waals surface area (Å²) in [7, 11) is -0.397. The Labute approximate surface area is 95.3 Å². The molecule has 1 heterocycles. The minimum absolute atomic E-state index is 1.25. The first-order valence-corrected chi connectivity index (χ1v) is 12.3. The number of rotatable bonds is 3. The van der Waals surface area contributed by atoms with Crippen molar-refractivity contribution in [3.8, 4) is 0 Å². The Morgan fingerprint density at radius 2 is 1.67 bits per heavy atom. The van der Waals surface area contributed by atoms with E-state index in [1.54, 1.807) is 0 Å². The van der Waals surface area contributed by atoms with Crippen molar-refractivity contribution in [3.63, 3.8) is 0 Å². The fourth-order valence-corrected chi connectivity index (χ4v) is 3.05. The van der Waals surface area contributed by atoms with E-state index < -0.39 is 16.5 Å². The van der Waals surface area contributed by atoms with Gasteiger partial charge in [-0.2, -0.15) is 5.10 Å². The summed E-state index contributed by atoms with van der Waals surface area (Å²) in [6.45, 7) is 13.9. The van der Waals surface area contributed by atoms with Crippen LogP contribution >= 0.6 is 0 Å². The van der Waals surface area contributed by atoms with Gasteiger partial charge in [0.25, 0.3) is 0 Å². The van der Waals surface area contributed by atoms with Crippen LogP contribution in [0.25, 0.3) is 0 Å². The lowest BCUT2D eigenvalue weighted by atomic mass is 10.6. The van der Waals surface area contributed by atoms with E-state index in [4.69, 9.17) is 0 Å². The van der Waals surface area contributed by atoms with E-state index in [9.17, 15) is 0 Å². The van der Waals surface area contributed by atoms with E-state index in [1.165, 1.54) is 5.69 Å². The molecule has 0 bridgehead atoms. The van der Waals surface area contributed by atoms with Crippen molar-refractivity contribution in [1.82, 2.24) is 9.45 Å². The SMILES string of the molecule is CN(c1cnn([Si](C)(C)C)c1)[Si](C)(C)C. The molecule has 0 spiro atoms. The molecule has 1 aromatic heterocycles. The normalized spacial score (nSPS) is 13.0. The number of anilines is 1. The van der Waals surface area contributed by atoms with E-state index in [1.807, 2.05) is 6.20 Å². The Hall–Kier alpha value is -0.556. The van der Waals surface area contributed by atoms with Crippen LogP contribution in [-0.4, -0.2) is 33.0 Å². The van der Waals surface area contributed by atoms with Gasteiger partial charge in [0.1, 0.15) is 8.24 Å². The third-order valence-electron chi connectivity index (χ3n) is 2.65. The van der Waals surface area contributed by atoms with Crippen molar-refractivity contribution < 1.29 is 0 Å². The molecule has 1 aromatic rings. The molecule has 0 radical (unpaired) electrons. The van der Waals surface area contributed by atoms with Gasteiger partial charge in [-0.1, -0.05) is 19.6 Å². The van der Waals surface area contributed by atoms with E-state index in [0.717, 1.165) is 0 Å². The maximum absolute atomic E-state index is 4.48. The van der Waals surface area contributed by atoms with Crippen molar-refractivity contribution >= 4 is 22.2 Å². The molecule has 86 valence electrons. The quantitative estimate of drug-likeness (QED) is 0.759. The van der Waals surface area contributed by atoms with E-state index in [-0.39, 0.29) is 0 Å². The third-order valence-corrected chi connectivity index (χ3v) is 6.54. The molecule has 15 heavy (non-hydrogen) atoms. The predicted octanol–water partition coefficient (Wildman–Crippen LogP) is 2.84. The van der Waals surface area contributed by atoms with Crippen molar-refractivity contribution in [2.75, 3.05) is 11.6 Å².